The summed E-state index contributed by atoms with van der Waals surface area (Å²) in [6, 6.07) is 18.3. The van der Waals surface area contributed by atoms with Crippen molar-refractivity contribution in [2.75, 3.05) is 31.6 Å². The maximum Gasteiger partial charge on any atom is 0.246 e. The molecule has 0 unspecified atom stereocenters. The van der Waals surface area contributed by atoms with Crippen LogP contribution >= 0.6 is 0 Å². The molecule has 30 heavy (non-hydrogen) atoms. The molecule has 4 rings (SSSR count). The van der Waals surface area contributed by atoms with Crippen LogP contribution in [0.3, 0.4) is 0 Å². The van der Waals surface area contributed by atoms with E-state index in [2.05, 4.69) is 51.1 Å². The summed E-state index contributed by atoms with van der Waals surface area (Å²) in [5.41, 5.74) is 4.51. The van der Waals surface area contributed by atoms with Crippen LogP contribution in [0.2, 0.25) is 0 Å². The van der Waals surface area contributed by atoms with Crippen molar-refractivity contribution in [3.63, 3.8) is 0 Å². The molecule has 1 amide bonds. The van der Waals surface area contributed by atoms with Gasteiger partial charge in [-0.3, -0.25) is 9.79 Å². The summed E-state index contributed by atoms with van der Waals surface area (Å²) in [6.07, 6.45) is 5.46. The summed E-state index contributed by atoms with van der Waals surface area (Å²) in [7, 11) is 1.71. The second kappa shape index (κ2) is 9.26. The lowest BCUT2D eigenvalue weighted by atomic mass is 10.1. The molecule has 0 saturated heterocycles. The normalized spacial score (nSPS) is 13.2. The molecule has 7 heteroatoms. The molecule has 0 bridgehead atoms. The quantitative estimate of drug-likeness (QED) is 0.490. The van der Waals surface area contributed by atoms with E-state index in [4.69, 9.17) is 0 Å². The number of para-hydroxylation sites is 1. The zero-order chi connectivity index (χ0) is 20.8. The second-order valence-electron chi connectivity index (χ2n) is 7.14. The van der Waals surface area contributed by atoms with Crippen molar-refractivity contribution in [2.45, 2.75) is 12.8 Å². The van der Waals surface area contributed by atoms with E-state index in [-0.39, 0.29) is 12.5 Å². The number of carbonyl (C=O) groups excluding carboxylic acids is 1. The van der Waals surface area contributed by atoms with Gasteiger partial charge in [0, 0.05) is 38.2 Å². The molecule has 2 N–H and O–H groups in total. The van der Waals surface area contributed by atoms with Gasteiger partial charge in [-0.25, -0.2) is 4.68 Å². The summed E-state index contributed by atoms with van der Waals surface area (Å²) in [5.74, 6) is 0.682. The van der Waals surface area contributed by atoms with Crippen LogP contribution in [0, 0.1) is 0 Å². The smallest absolute Gasteiger partial charge is 0.246 e. The number of amides is 1. The number of nitrogens with one attached hydrogen (secondary N) is 2. The molecule has 2 aromatic carbocycles. The summed E-state index contributed by atoms with van der Waals surface area (Å²) in [5, 5.41) is 10.6. The number of anilines is 1. The molecule has 1 aromatic heterocycles. The van der Waals surface area contributed by atoms with Crippen molar-refractivity contribution < 1.29 is 4.79 Å². The fourth-order valence-corrected chi connectivity index (χ4v) is 3.63. The van der Waals surface area contributed by atoms with Crippen molar-refractivity contribution >= 4 is 17.6 Å². The average Bonchev–Trinajstić information content (AvgIpc) is 3.46. The third kappa shape index (κ3) is 4.51. The minimum atomic E-state index is 0.0529. The lowest BCUT2D eigenvalue weighted by molar-refractivity contribution is -0.117. The minimum Gasteiger partial charge on any atom is -0.356 e. The maximum absolute atomic E-state index is 12.6. The first kappa shape index (κ1) is 19.7. The summed E-state index contributed by atoms with van der Waals surface area (Å²) in [6.45, 7) is 1.68. The number of hydrogen-bond donors (Lipinski definition) is 2. The van der Waals surface area contributed by atoms with Crippen molar-refractivity contribution in [2.24, 2.45) is 4.99 Å². The van der Waals surface area contributed by atoms with E-state index >= 15 is 0 Å². The molecule has 1 aliphatic heterocycles. The molecule has 0 aliphatic carbocycles. The first-order valence-electron chi connectivity index (χ1n) is 10.2. The largest absolute Gasteiger partial charge is 0.356 e. The van der Waals surface area contributed by atoms with Gasteiger partial charge in [-0.2, -0.15) is 5.10 Å². The van der Waals surface area contributed by atoms with Crippen LogP contribution in [0.25, 0.3) is 5.69 Å². The molecule has 3 aromatic rings. The van der Waals surface area contributed by atoms with Crippen LogP contribution in [0.15, 0.2) is 72.0 Å². The zero-order valence-corrected chi connectivity index (χ0v) is 17.1. The van der Waals surface area contributed by atoms with Gasteiger partial charge in [-0.05, 0) is 48.2 Å². The molecule has 1 aliphatic rings. The molecule has 0 radical (unpaired) electrons. The molecule has 0 fully saturated rings. The molecule has 7 nitrogen and oxygen atoms in total. The number of benzene rings is 2. The first-order valence-corrected chi connectivity index (χ1v) is 10.2. The lowest BCUT2D eigenvalue weighted by Gasteiger charge is -2.19. The van der Waals surface area contributed by atoms with Crippen molar-refractivity contribution in [3.05, 3.63) is 78.1 Å². The molecular weight excluding hydrogens is 376 g/mol. The third-order valence-corrected chi connectivity index (χ3v) is 5.23. The molecule has 2 heterocycles. The number of aliphatic imine (C=N–C) groups is 1. The van der Waals surface area contributed by atoms with Gasteiger partial charge in [0.25, 0.3) is 0 Å². The Bertz CT molecular complexity index is 1010. The number of hydrogen-bond acceptors (Lipinski definition) is 3. The Hall–Kier alpha value is -3.61. The fraction of sp³-hybridized carbons (Fsp3) is 0.261. The molecule has 154 valence electrons. The molecule has 0 atom stereocenters. The van der Waals surface area contributed by atoms with E-state index in [1.807, 2.05) is 40.0 Å². The highest BCUT2D eigenvalue weighted by Crippen LogP contribution is 2.27. The van der Waals surface area contributed by atoms with Crippen LogP contribution in [0.1, 0.15) is 11.1 Å². The lowest BCUT2D eigenvalue weighted by Crippen LogP contribution is -2.44. The van der Waals surface area contributed by atoms with Crippen molar-refractivity contribution in [1.29, 1.82) is 0 Å². The average molecular weight is 403 g/mol. The molecule has 0 spiro atoms. The van der Waals surface area contributed by atoms with Gasteiger partial charge in [0.1, 0.15) is 0 Å². The van der Waals surface area contributed by atoms with E-state index in [9.17, 15) is 4.79 Å². The number of aromatic nitrogens is 2. The van der Waals surface area contributed by atoms with E-state index in [0.29, 0.717) is 5.96 Å². The topological polar surface area (TPSA) is 74.5 Å². The standard InChI is InChI=1S/C23H26N6O/c1-24-23(26-17-22(30)28-16-12-19-5-2-3-6-21(19)28)25-14-11-18-7-9-20(10-8-18)29-15-4-13-27-29/h2-10,13,15H,11-12,14,16-17H2,1H3,(H2,24,25,26). The van der Waals surface area contributed by atoms with Gasteiger partial charge in [-0.1, -0.05) is 30.3 Å². The van der Waals surface area contributed by atoms with E-state index in [0.717, 1.165) is 37.3 Å². The second-order valence-corrected chi connectivity index (χ2v) is 7.14. The van der Waals surface area contributed by atoms with Crippen molar-refractivity contribution in [3.8, 4) is 5.69 Å². The Kier molecular flexibility index (Phi) is 6.08. The van der Waals surface area contributed by atoms with E-state index < -0.39 is 0 Å². The van der Waals surface area contributed by atoms with Gasteiger partial charge in [0.05, 0.1) is 12.2 Å². The van der Waals surface area contributed by atoms with Crippen molar-refractivity contribution in [1.82, 2.24) is 20.4 Å². The van der Waals surface area contributed by atoms with Crippen LogP contribution in [0.4, 0.5) is 5.69 Å². The first-order chi connectivity index (χ1) is 14.7. The predicted octanol–water partition coefficient (Wildman–Crippen LogP) is 2.17. The fourth-order valence-electron chi connectivity index (χ4n) is 3.63. The number of nitrogens with zero attached hydrogens (tertiary/aromatic N) is 4. The van der Waals surface area contributed by atoms with Gasteiger partial charge < -0.3 is 15.5 Å². The third-order valence-electron chi connectivity index (χ3n) is 5.23. The number of rotatable bonds is 6. The highest BCUT2D eigenvalue weighted by atomic mass is 16.2. The SMILES string of the molecule is CN=C(NCCc1ccc(-n2cccn2)cc1)NCC(=O)N1CCc2ccccc21. The number of carbonyl (C=O) groups is 1. The zero-order valence-electron chi connectivity index (χ0n) is 17.1. The Morgan fingerprint density at radius 1 is 1.10 bits per heavy atom. The van der Waals surface area contributed by atoms with Crippen LogP contribution in [0.5, 0.6) is 0 Å². The Morgan fingerprint density at radius 3 is 2.70 bits per heavy atom. The summed E-state index contributed by atoms with van der Waals surface area (Å²) < 4.78 is 1.84. The Morgan fingerprint density at radius 2 is 1.93 bits per heavy atom. The number of fused-ring (bicyclic) bond motifs is 1. The van der Waals surface area contributed by atoms with Crippen LogP contribution in [-0.4, -0.2) is 48.3 Å². The highest BCUT2D eigenvalue weighted by molar-refractivity contribution is 5.98. The van der Waals surface area contributed by atoms with Crippen LogP contribution < -0.4 is 15.5 Å². The van der Waals surface area contributed by atoms with Gasteiger partial charge in [-0.15, -0.1) is 0 Å². The maximum atomic E-state index is 12.6. The summed E-state index contributed by atoms with van der Waals surface area (Å²) in [4.78, 5) is 18.7. The van der Waals surface area contributed by atoms with Gasteiger partial charge in [0.2, 0.25) is 5.91 Å². The Balaban J connectivity index is 1.23. The monoisotopic (exact) mass is 402 g/mol. The van der Waals surface area contributed by atoms with E-state index in [1.165, 1.54) is 11.1 Å². The molecular formula is C23H26N6O. The molecule has 0 saturated carbocycles. The van der Waals surface area contributed by atoms with Gasteiger partial charge >= 0.3 is 0 Å². The Labute approximate surface area is 176 Å². The predicted molar refractivity (Wildman–Crippen MR) is 119 cm³/mol. The van der Waals surface area contributed by atoms with Crippen LogP contribution in [-0.2, 0) is 17.6 Å². The summed E-state index contributed by atoms with van der Waals surface area (Å²) >= 11 is 0. The minimum absolute atomic E-state index is 0.0529. The van der Waals surface area contributed by atoms with Gasteiger partial charge in [0.15, 0.2) is 5.96 Å². The highest BCUT2D eigenvalue weighted by Gasteiger charge is 2.23. The number of guanidine groups is 1. The van der Waals surface area contributed by atoms with E-state index in [1.54, 1.807) is 13.2 Å².